The average molecular weight is 405 g/mol. The molecule has 0 atom stereocenters. The number of fused-ring (bicyclic) bond motifs is 1. The minimum Gasteiger partial charge on any atom is -0.318 e. The van der Waals surface area contributed by atoms with Crippen LogP contribution in [-0.2, 0) is 21.9 Å². The Balaban J connectivity index is 1.58. The van der Waals surface area contributed by atoms with Gasteiger partial charge in [-0.25, -0.2) is 18.6 Å². The third-order valence-corrected chi connectivity index (χ3v) is 6.56. The van der Waals surface area contributed by atoms with E-state index in [2.05, 4.69) is 15.2 Å². The Morgan fingerprint density at radius 3 is 2.56 bits per heavy atom. The van der Waals surface area contributed by atoms with Crippen molar-refractivity contribution in [1.82, 2.24) is 14.7 Å². The molecule has 1 aromatic heterocycles. The molecule has 0 radical (unpaired) electrons. The molecule has 7 nitrogen and oxygen atoms in total. The predicted molar refractivity (Wildman–Crippen MR) is 105 cm³/mol. The molecule has 1 heterocycles. The molecular formula is C18H20N4O3S2. The highest BCUT2D eigenvalue weighted by atomic mass is 32.2. The summed E-state index contributed by atoms with van der Waals surface area (Å²) in [4.78, 5) is 12.8. The van der Waals surface area contributed by atoms with Crippen molar-refractivity contribution in [2.45, 2.75) is 18.2 Å². The van der Waals surface area contributed by atoms with Crippen LogP contribution in [0, 0.1) is 6.92 Å². The minimum atomic E-state index is -3.63. The second kappa shape index (κ2) is 8.03. The first-order valence-electron chi connectivity index (χ1n) is 8.30. The van der Waals surface area contributed by atoms with Gasteiger partial charge in [-0.3, -0.25) is 4.79 Å². The van der Waals surface area contributed by atoms with Crippen molar-refractivity contribution in [1.29, 1.82) is 0 Å². The van der Waals surface area contributed by atoms with Crippen LogP contribution in [0.2, 0.25) is 0 Å². The number of aromatic nitrogens is 1. The molecule has 0 aliphatic rings. The van der Waals surface area contributed by atoms with E-state index in [0.717, 1.165) is 15.8 Å². The third-order valence-electron chi connectivity index (χ3n) is 3.97. The molecule has 0 unspecified atom stereocenters. The van der Waals surface area contributed by atoms with Crippen LogP contribution < -0.4 is 14.9 Å². The molecule has 1 amide bonds. The maximum Gasteiger partial charge on any atom is 0.241 e. The quantitative estimate of drug-likeness (QED) is 0.614. The third kappa shape index (κ3) is 4.62. The summed E-state index contributed by atoms with van der Waals surface area (Å²) in [6, 6.07) is 14.4. The van der Waals surface area contributed by atoms with Crippen LogP contribution in [-0.4, -0.2) is 25.4 Å². The summed E-state index contributed by atoms with van der Waals surface area (Å²) in [5.41, 5.74) is 4.48. The molecule has 0 bridgehead atoms. The topological polar surface area (TPSA) is 92.6 Å². The standard InChI is InChI=1S/C18H20N4O3S2/c1-13-7-9-14(10-8-13)27(24,25)19-12-11-17(23)20-21-18-22(2)15-5-3-4-6-16(15)26-18/h3-10,19H,11-12H2,1-2H3,(H,20,23)/b21-18+. The van der Waals surface area contributed by atoms with Crippen LogP contribution in [0.15, 0.2) is 58.5 Å². The number of para-hydroxylation sites is 1. The highest BCUT2D eigenvalue weighted by molar-refractivity contribution is 7.89. The molecule has 2 N–H and O–H groups in total. The Bertz CT molecular complexity index is 1130. The number of carbonyl (C=O) groups is 1. The molecule has 9 heteroatoms. The Labute approximate surface area is 161 Å². The Morgan fingerprint density at radius 2 is 1.85 bits per heavy atom. The number of rotatable bonds is 6. The maximum absolute atomic E-state index is 12.2. The summed E-state index contributed by atoms with van der Waals surface area (Å²) in [6.45, 7) is 1.88. The largest absolute Gasteiger partial charge is 0.318 e. The lowest BCUT2D eigenvalue weighted by Crippen LogP contribution is -2.30. The van der Waals surface area contributed by atoms with E-state index in [-0.39, 0.29) is 23.8 Å². The molecule has 0 spiro atoms. The van der Waals surface area contributed by atoms with E-state index in [1.807, 2.05) is 42.8 Å². The highest BCUT2D eigenvalue weighted by Crippen LogP contribution is 2.15. The number of nitrogens with one attached hydrogen (secondary N) is 2. The highest BCUT2D eigenvalue weighted by Gasteiger charge is 2.13. The molecule has 0 fully saturated rings. The van der Waals surface area contributed by atoms with E-state index in [1.165, 1.54) is 23.5 Å². The zero-order valence-electron chi connectivity index (χ0n) is 15.0. The number of hydrogen-bond acceptors (Lipinski definition) is 5. The Kier molecular flexibility index (Phi) is 5.73. The van der Waals surface area contributed by atoms with Crippen LogP contribution in [0.1, 0.15) is 12.0 Å². The Morgan fingerprint density at radius 1 is 1.15 bits per heavy atom. The number of hydrogen-bond donors (Lipinski definition) is 2. The molecule has 0 aliphatic carbocycles. The Hall–Kier alpha value is -2.49. The molecule has 2 aromatic carbocycles. The summed E-state index contributed by atoms with van der Waals surface area (Å²) in [6.07, 6.45) is -0.0107. The fourth-order valence-electron chi connectivity index (χ4n) is 2.45. The molecule has 3 rings (SSSR count). The van der Waals surface area contributed by atoms with Crippen LogP contribution in [0.3, 0.4) is 0 Å². The summed E-state index contributed by atoms with van der Waals surface area (Å²) >= 11 is 1.46. The summed E-state index contributed by atoms with van der Waals surface area (Å²) < 4.78 is 29.7. The van der Waals surface area contributed by atoms with E-state index >= 15 is 0 Å². The van der Waals surface area contributed by atoms with Crippen molar-refractivity contribution in [3.8, 4) is 0 Å². The van der Waals surface area contributed by atoms with Crippen molar-refractivity contribution < 1.29 is 13.2 Å². The van der Waals surface area contributed by atoms with Crippen LogP contribution in [0.5, 0.6) is 0 Å². The van der Waals surface area contributed by atoms with Crippen molar-refractivity contribution >= 4 is 37.5 Å². The van der Waals surface area contributed by atoms with Gasteiger partial charge in [-0.2, -0.15) is 0 Å². The summed E-state index contributed by atoms with van der Waals surface area (Å²) in [7, 11) is -1.75. The number of aryl methyl sites for hydroxylation is 2. The van der Waals surface area contributed by atoms with Gasteiger partial charge in [-0.15, -0.1) is 5.10 Å². The fourth-order valence-corrected chi connectivity index (χ4v) is 4.47. The second-order valence-corrected chi connectivity index (χ2v) is 8.80. The van der Waals surface area contributed by atoms with Gasteiger partial charge in [0, 0.05) is 20.0 Å². The SMILES string of the molecule is Cc1ccc(S(=O)(=O)NCCC(=O)N/N=c2/sc3ccccc3n2C)cc1. The first-order chi connectivity index (χ1) is 12.9. The number of amides is 1. The van der Waals surface area contributed by atoms with E-state index in [1.54, 1.807) is 12.1 Å². The minimum absolute atomic E-state index is 0.00386. The first kappa shape index (κ1) is 19.3. The van der Waals surface area contributed by atoms with Crippen molar-refractivity contribution in [3.05, 3.63) is 58.9 Å². The number of sulfonamides is 1. The van der Waals surface area contributed by atoms with Crippen molar-refractivity contribution in [2.75, 3.05) is 6.54 Å². The average Bonchev–Trinajstić information content (AvgIpc) is 2.96. The van der Waals surface area contributed by atoms with E-state index < -0.39 is 10.0 Å². The van der Waals surface area contributed by atoms with Gasteiger partial charge in [-0.1, -0.05) is 41.2 Å². The molecule has 27 heavy (non-hydrogen) atoms. The number of benzene rings is 2. The normalized spacial score (nSPS) is 12.4. The molecule has 0 saturated carbocycles. The summed E-state index contributed by atoms with van der Waals surface area (Å²) in [5.74, 6) is -0.362. The van der Waals surface area contributed by atoms with Crippen molar-refractivity contribution in [3.63, 3.8) is 0 Å². The van der Waals surface area contributed by atoms with Gasteiger partial charge >= 0.3 is 0 Å². The lowest BCUT2D eigenvalue weighted by Gasteiger charge is -2.06. The predicted octanol–water partition coefficient (Wildman–Crippen LogP) is 1.85. The smallest absolute Gasteiger partial charge is 0.241 e. The first-order valence-corrected chi connectivity index (χ1v) is 10.6. The van der Waals surface area contributed by atoms with E-state index in [4.69, 9.17) is 0 Å². The molecular weight excluding hydrogens is 384 g/mol. The molecule has 0 aliphatic heterocycles. The second-order valence-electron chi connectivity index (χ2n) is 6.02. The van der Waals surface area contributed by atoms with E-state index in [9.17, 15) is 13.2 Å². The number of nitrogens with zero attached hydrogens (tertiary/aromatic N) is 2. The lowest BCUT2D eigenvalue weighted by atomic mass is 10.2. The van der Waals surface area contributed by atoms with Crippen LogP contribution in [0.4, 0.5) is 0 Å². The zero-order chi connectivity index (χ0) is 19.4. The fraction of sp³-hybridized carbons (Fsp3) is 0.222. The van der Waals surface area contributed by atoms with Gasteiger partial charge in [-0.05, 0) is 31.2 Å². The van der Waals surface area contributed by atoms with Gasteiger partial charge in [0.1, 0.15) is 0 Å². The van der Waals surface area contributed by atoms with Crippen LogP contribution in [0.25, 0.3) is 10.2 Å². The number of thiazole rings is 1. The van der Waals surface area contributed by atoms with Gasteiger partial charge in [0.15, 0.2) is 0 Å². The summed E-state index contributed by atoms with van der Waals surface area (Å²) in [5, 5.41) is 4.13. The van der Waals surface area contributed by atoms with Gasteiger partial charge in [0.25, 0.3) is 0 Å². The molecule has 0 saturated heterocycles. The zero-order valence-corrected chi connectivity index (χ0v) is 16.6. The van der Waals surface area contributed by atoms with Crippen LogP contribution >= 0.6 is 11.3 Å². The lowest BCUT2D eigenvalue weighted by molar-refractivity contribution is -0.121. The number of carbonyl (C=O) groups excluding carboxylic acids is 1. The monoisotopic (exact) mass is 404 g/mol. The van der Waals surface area contributed by atoms with Gasteiger partial charge in [0.05, 0.1) is 15.1 Å². The van der Waals surface area contributed by atoms with Gasteiger partial charge < -0.3 is 4.57 Å². The van der Waals surface area contributed by atoms with Gasteiger partial charge in [0.2, 0.25) is 20.7 Å². The molecule has 142 valence electrons. The van der Waals surface area contributed by atoms with Crippen molar-refractivity contribution in [2.24, 2.45) is 12.1 Å². The van der Waals surface area contributed by atoms with E-state index in [0.29, 0.717) is 4.80 Å². The molecule has 3 aromatic rings. The maximum atomic E-state index is 12.2.